The SMILES string of the molecule is CC(C)(C)c1ccc(Sc2ccc(Sc3ccc(C(C)(C)C)cc3)c(C#N)c2C#N)cc1. The van der Waals surface area contributed by atoms with E-state index in [9.17, 15) is 10.5 Å². The minimum absolute atomic E-state index is 0.0962. The molecule has 0 radical (unpaired) electrons. The van der Waals surface area contributed by atoms with E-state index in [0.29, 0.717) is 11.1 Å². The van der Waals surface area contributed by atoms with Crippen molar-refractivity contribution in [2.75, 3.05) is 0 Å². The van der Waals surface area contributed by atoms with Gasteiger partial charge in [-0.15, -0.1) is 0 Å². The molecule has 2 nitrogen and oxygen atoms in total. The van der Waals surface area contributed by atoms with Crippen molar-refractivity contribution in [3.8, 4) is 12.1 Å². The third kappa shape index (κ3) is 5.57. The maximum Gasteiger partial charge on any atom is 0.102 e. The molecule has 0 aliphatic carbocycles. The Balaban J connectivity index is 1.89. The Morgan fingerprint density at radius 1 is 0.531 bits per heavy atom. The summed E-state index contributed by atoms with van der Waals surface area (Å²) in [5.41, 5.74) is 3.61. The highest BCUT2D eigenvalue weighted by Crippen LogP contribution is 2.39. The number of benzene rings is 3. The van der Waals surface area contributed by atoms with Gasteiger partial charge in [-0.1, -0.05) is 89.3 Å². The first-order chi connectivity index (χ1) is 15.0. The van der Waals surface area contributed by atoms with Gasteiger partial charge in [0, 0.05) is 19.6 Å². The van der Waals surface area contributed by atoms with E-state index in [1.54, 1.807) is 0 Å². The second kappa shape index (κ2) is 9.45. The van der Waals surface area contributed by atoms with Gasteiger partial charge in [0.15, 0.2) is 0 Å². The average molecular weight is 457 g/mol. The molecule has 0 atom stereocenters. The third-order valence-corrected chi connectivity index (χ3v) is 7.38. The van der Waals surface area contributed by atoms with Crippen LogP contribution in [-0.4, -0.2) is 0 Å². The molecule has 0 spiro atoms. The Morgan fingerprint density at radius 2 is 0.844 bits per heavy atom. The fraction of sp³-hybridized carbons (Fsp3) is 0.286. The van der Waals surface area contributed by atoms with Crippen LogP contribution in [0.25, 0.3) is 0 Å². The minimum Gasteiger partial charge on any atom is -0.192 e. The van der Waals surface area contributed by atoms with Gasteiger partial charge in [-0.25, -0.2) is 0 Å². The molecular formula is C28H28N2S2. The van der Waals surface area contributed by atoms with E-state index in [1.165, 1.54) is 34.7 Å². The van der Waals surface area contributed by atoms with Gasteiger partial charge in [-0.2, -0.15) is 10.5 Å². The van der Waals surface area contributed by atoms with Crippen molar-refractivity contribution < 1.29 is 0 Å². The average Bonchev–Trinajstić information content (AvgIpc) is 2.74. The Bertz CT molecular complexity index is 1080. The fourth-order valence-electron chi connectivity index (χ4n) is 3.26. The molecule has 3 rings (SSSR count). The van der Waals surface area contributed by atoms with Crippen LogP contribution in [0, 0.1) is 22.7 Å². The molecule has 0 heterocycles. The first-order valence-corrected chi connectivity index (χ1v) is 12.2. The van der Waals surface area contributed by atoms with Crippen LogP contribution in [0.2, 0.25) is 0 Å². The van der Waals surface area contributed by atoms with Crippen molar-refractivity contribution >= 4 is 23.5 Å². The predicted molar refractivity (Wildman–Crippen MR) is 134 cm³/mol. The first kappa shape index (κ1) is 24.0. The summed E-state index contributed by atoms with van der Waals surface area (Å²) in [6.45, 7) is 13.1. The molecule has 162 valence electrons. The molecule has 0 saturated heterocycles. The monoisotopic (exact) mass is 456 g/mol. The van der Waals surface area contributed by atoms with E-state index >= 15 is 0 Å². The maximum absolute atomic E-state index is 9.85. The largest absolute Gasteiger partial charge is 0.192 e. The molecule has 0 aliphatic rings. The fourth-order valence-corrected chi connectivity index (χ4v) is 5.08. The van der Waals surface area contributed by atoms with Crippen molar-refractivity contribution in [1.82, 2.24) is 0 Å². The quantitative estimate of drug-likeness (QED) is 0.396. The molecule has 0 bridgehead atoms. The number of hydrogen-bond acceptors (Lipinski definition) is 4. The molecule has 32 heavy (non-hydrogen) atoms. The molecular weight excluding hydrogens is 428 g/mol. The lowest BCUT2D eigenvalue weighted by atomic mass is 9.87. The van der Waals surface area contributed by atoms with Crippen molar-refractivity contribution in [1.29, 1.82) is 10.5 Å². The van der Waals surface area contributed by atoms with E-state index < -0.39 is 0 Å². The van der Waals surface area contributed by atoms with Crippen LogP contribution in [-0.2, 0) is 10.8 Å². The lowest BCUT2D eigenvalue weighted by molar-refractivity contribution is 0.589. The Labute approximate surface area is 200 Å². The topological polar surface area (TPSA) is 47.6 Å². The summed E-state index contributed by atoms with van der Waals surface area (Å²) >= 11 is 3.05. The van der Waals surface area contributed by atoms with E-state index in [-0.39, 0.29) is 10.8 Å². The van der Waals surface area contributed by atoms with Crippen molar-refractivity contribution in [3.05, 3.63) is 82.9 Å². The van der Waals surface area contributed by atoms with E-state index in [0.717, 1.165) is 19.6 Å². The standard InChI is InChI=1S/C28H28N2S2/c1-27(2,3)19-7-11-21(12-8-19)31-25-15-16-26(24(18-30)23(25)17-29)32-22-13-9-20(10-14-22)28(4,5)6/h7-16H,1-6H3. The second-order valence-electron chi connectivity index (χ2n) is 9.79. The van der Waals surface area contributed by atoms with Crippen LogP contribution in [0.1, 0.15) is 63.8 Å². The summed E-state index contributed by atoms with van der Waals surface area (Å²) in [4.78, 5) is 3.72. The maximum atomic E-state index is 9.85. The molecule has 0 unspecified atom stereocenters. The van der Waals surface area contributed by atoms with Crippen LogP contribution in [0.15, 0.2) is 80.2 Å². The third-order valence-electron chi connectivity index (χ3n) is 5.25. The molecule has 0 N–H and O–H groups in total. The number of nitriles is 2. The molecule has 0 aromatic heterocycles. The van der Waals surface area contributed by atoms with E-state index in [1.807, 2.05) is 12.1 Å². The predicted octanol–water partition coefficient (Wildman–Crippen LogP) is 8.33. The van der Waals surface area contributed by atoms with Gasteiger partial charge >= 0.3 is 0 Å². The van der Waals surface area contributed by atoms with Gasteiger partial charge in [-0.05, 0) is 58.4 Å². The van der Waals surface area contributed by atoms with Gasteiger partial charge < -0.3 is 0 Å². The lowest BCUT2D eigenvalue weighted by Gasteiger charge is -2.19. The van der Waals surface area contributed by atoms with Gasteiger partial charge in [0.25, 0.3) is 0 Å². The zero-order chi connectivity index (χ0) is 23.5. The molecule has 4 heteroatoms. The summed E-state index contributed by atoms with van der Waals surface area (Å²) in [5.74, 6) is 0. The Kier molecular flexibility index (Phi) is 7.09. The van der Waals surface area contributed by atoms with Gasteiger partial charge in [0.1, 0.15) is 12.1 Å². The van der Waals surface area contributed by atoms with Crippen LogP contribution >= 0.6 is 23.5 Å². The summed E-state index contributed by atoms with van der Waals surface area (Å²) in [5, 5.41) is 19.7. The lowest BCUT2D eigenvalue weighted by Crippen LogP contribution is -2.10. The van der Waals surface area contributed by atoms with Crippen LogP contribution in [0.5, 0.6) is 0 Å². The second-order valence-corrected chi connectivity index (χ2v) is 12.0. The summed E-state index contributed by atoms with van der Waals surface area (Å²) in [6.07, 6.45) is 0. The smallest absolute Gasteiger partial charge is 0.102 e. The molecule has 0 saturated carbocycles. The first-order valence-electron chi connectivity index (χ1n) is 10.6. The molecule has 3 aromatic rings. The highest BCUT2D eigenvalue weighted by Gasteiger charge is 2.18. The van der Waals surface area contributed by atoms with E-state index in [2.05, 4.69) is 102 Å². The summed E-state index contributed by atoms with van der Waals surface area (Å²) in [7, 11) is 0. The zero-order valence-corrected chi connectivity index (χ0v) is 21.1. The number of nitrogens with zero attached hydrogens (tertiary/aromatic N) is 2. The minimum atomic E-state index is 0.0962. The van der Waals surface area contributed by atoms with Gasteiger partial charge in [-0.3, -0.25) is 0 Å². The van der Waals surface area contributed by atoms with Crippen LogP contribution in [0.4, 0.5) is 0 Å². The van der Waals surface area contributed by atoms with Gasteiger partial charge in [0.05, 0.1) is 11.1 Å². The highest BCUT2D eigenvalue weighted by atomic mass is 32.2. The van der Waals surface area contributed by atoms with Crippen LogP contribution < -0.4 is 0 Å². The number of hydrogen-bond donors (Lipinski definition) is 0. The van der Waals surface area contributed by atoms with Gasteiger partial charge in [0.2, 0.25) is 0 Å². The van der Waals surface area contributed by atoms with Crippen molar-refractivity contribution in [2.24, 2.45) is 0 Å². The molecule has 0 fully saturated rings. The molecule has 3 aromatic carbocycles. The number of rotatable bonds is 4. The van der Waals surface area contributed by atoms with Crippen LogP contribution in [0.3, 0.4) is 0 Å². The summed E-state index contributed by atoms with van der Waals surface area (Å²) < 4.78 is 0. The molecule has 0 amide bonds. The Hall–Kier alpha value is -2.66. The normalized spacial score (nSPS) is 11.6. The zero-order valence-electron chi connectivity index (χ0n) is 19.5. The van der Waals surface area contributed by atoms with Crippen molar-refractivity contribution in [2.45, 2.75) is 72.0 Å². The van der Waals surface area contributed by atoms with E-state index in [4.69, 9.17) is 0 Å². The Morgan fingerprint density at radius 3 is 1.09 bits per heavy atom. The summed E-state index contributed by atoms with van der Waals surface area (Å²) in [6, 6.07) is 25.3. The van der Waals surface area contributed by atoms with Crippen molar-refractivity contribution in [3.63, 3.8) is 0 Å². The highest BCUT2D eigenvalue weighted by molar-refractivity contribution is 8.00. The molecule has 0 aliphatic heterocycles.